The van der Waals surface area contributed by atoms with E-state index >= 15 is 0 Å². The fourth-order valence-electron chi connectivity index (χ4n) is 4.16. The molecule has 1 saturated heterocycles. The van der Waals surface area contributed by atoms with Crippen LogP contribution in [-0.4, -0.2) is 60.3 Å². The fraction of sp³-hybridized carbons (Fsp3) is 0.259. The number of piperidine rings is 1. The first kappa shape index (κ1) is 26.6. The van der Waals surface area contributed by atoms with Crippen LogP contribution in [0.15, 0.2) is 54.9 Å². The fourth-order valence-corrected chi connectivity index (χ4v) is 4.16. The van der Waals surface area contributed by atoms with Crippen molar-refractivity contribution in [2.75, 3.05) is 32.2 Å². The van der Waals surface area contributed by atoms with Gasteiger partial charge >= 0.3 is 0 Å². The number of methoxy groups -OCH3 is 2. The van der Waals surface area contributed by atoms with Gasteiger partial charge in [0.1, 0.15) is 5.82 Å². The molecule has 198 valence electrons. The molecule has 11 heteroatoms. The second-order valence-electron chi connectivity index (χ2n) is 8.63. The Kier molecular flexibility index (Phi) is 8.49. The summed E-state index contributed by atoms with van der Waals surface area (Å²) in [5.74, 6) is 0.177. The highest BCUT2D eigenvalue weighted by atomic mass is 19.1. The summed E-state index contributed by atoms with van der Waals surface area (Å²) in [5.41, 5.74) is 3.40. The zero-order chi connectivity index (χ0) is 27.1. The lowest BCUT2D eigenvalue weighted by Crippen LogP contribution is -2.45. The van der Waals surface area contributed by atoms with Crippen LogP contribution in [-0.2, 0) is 4.79 Å². The van der Waals surface area contributed by atoms with E-state index in [0.29, 0.717) is 60.1 Å². The first-order valence-electron chi connectivity index (χ1n) is 11.9. The first-order chi connectivity index (χ1) is 18.4. The van der Waals surface area contributed by atoms with Crippen LogP contribution >= 0.6 is 0 Å². The molecule has 4 rings (SSSR count). The van der Waals surface area contributed by atoms with Gasteiger partial charge in [-0.3, -0.25) is 14.8 Å². The maximum Gasteiger partial charge on any atom is 0.277 e. The Morgan fingerprint density at radius 1 is 1.00 bits per heavy atom. The number of hydrogen-bond acceptors (Lipinski definition) is 8. The predicted molar refractivity (Wildman–Crippen MR) is 138 cm³/mol. The van der Waals surface area contributed by atoms with E-state index in [0.717, 1.165) is 0 Å². The number of ether oxygens (including phenoxy) is 2. The highest BCUT2D eigenvalue weighted by Crippen LogP contribution is 2.31. The second kappa shape index (κ2) is 12.2. The van der Waals surface area contributed by atoms with E-state index in [1.807, 2.05) is 4.90 Å². The van der Waals surface area contributed by atoms with Crippen LogP contribution in [0.4, 0.5) is 10.3 Å². The third kappa shape index (κ3) is 6.24. The largest absolute Gasteiger partial charge is 0.493 e. The monoisotopic (exact) mass is 521 g/mol. The molecule has 1 aliphatic rings. The smallest absolute Gasteiger partial charge is 0.277 e. The number of nitrogens with zero attached hydrogens (tertiary/aromatic N) is 3. The SMILES string of the molecule is COc1ccc(C(=Cc2ccc(F)cc2)C(=O)NC2CCN(c3ncc(C(=O)NO)cn3)CC2)cc1OC. The molecule has 2 aromatic carbocycles. The van der Waals surface area contributed by atoms with Gasteiger partial charge in [-0.25, -0.2) is 19.8 Å². The molecule has 10 nitrogen and oxygen atoms in total. The average molecular weight is 522 g/mol. The topological polar surface area (TPSA) is 126 Å². The van der Waals surface area contributed by atoms with Crippen LogP contribution in [0.25, 0.3) is 11.6 Å². The van der Waals surface area contributed by atoms with E-state index in [1.165, 1.54) is 38.7 Å². The van der Waals surface area contributed by atoms with Crippen molar-refractivity contribution >= 4 is 29.4 Å². The number of benzene rings is 2. The summed E-state index contributed by atoms with van der Waals surface area (Å²) in [4.78, 5) is 35.3. The van der Waals surface area contributed by atoms with Gasteiger partial charge in [-0.1, -0.05) is 18.2 Å². The summed E-state index contributed by atoms with van der Waals surface area (Å²) in [7, 11) is 3.06. The summed E-state index contributed by atoms with van der Waals surface area (Å²) in [6.07, 6.45) is 5.71. The number of halogens is 1. The molecule has 0 aliphatic carbocycles. The van der Waals surface area contributed by atoms with Gasteiger partial charge in [-0.15, -0.1) is 0 Å². The molecule has 0 saturated carbocycles. The predicted octanol–water partition coefficient (Wildman–Crippen LogP) is 3.08. The van der Waals surface area contributed by atoms with E-state index in [-0.39, 0.29) is 23.3 Å². The molecule has 1 fully saturated rings. The summed E-state index contributed by atoms with van der Waals surface area (Å²) in [6, 6.07) is 11.1. The highest BCUT2D eigenvalue weighted by molar-refractivity contribution is 6.24. The lowest BCUT2D eigenvalue weighted by atomic mass is 9.99. The Balaban J connectivity index is 1.49. The first-order valence-corrected chi connectivity index (χ1v) is 11.9. The Morgan fingerprint density at radius 2 is 1.66 bits per heavy atom. The van der Waals surface area contributed by atoms with Gasteiger partial charge in [0.25, 0.3) is 11.8 Å². The van der Waals surface area contributed by atoms with E-state index in [9.17, 15) is 14.0 Å². The minimum Gasteiger partial charge on any atom is -0.493 e. The van der Waals surface area contributed by atoms with Gasteiger partial charge in [0.05, 0.1) is 19.8 Å². The van der Waals surface area contributed by atoms with Crippen molar-refractivity contribution in [1.29, 1.82) is 0 Å². The molecule has 1 aromatic heterocycles. The highest BCUT2D eigenvalue weighted by Gasteiger charge is 2.24. The molecule has 0 bridgehead atoms. The standard InChI is InChI=1S/C27H28FN5O5/c1-37-23-8-5-18(14-24(23)38-2)22(13-17-3-6-20(28)7-4-17)26(35)31-21-9-11-33(12-10-21)27-29-15-19(16-30-27)25(34)32-36/h3-8,13-16,21,36H,9-12H2,1-2H3,(H,31,35)(H,32,34). The lowest BCUT2D eigenvalue weighted by Gasteiger charge is -2.32. The molecule has 1 aliphatic heterocycles. The third-order valence-electron chi connectivity index (χ3n) is 6.24. The van der Waals surface area contributed by atoms with Gasteiger partial charge in [-0.05, 0) is 54.3 Å². The summed E-state index contributed by atoms with van der Waals surface area (Å²) < 4.78 is 24.2. The molecule has 38 heavy (non-hydrogen) atoms. The number of aromatic nitrogens is 2. The van der Waals surface area contributed by atoms with Gasteiger partial charge in [0.15, 0.2) is 11.5 Å². The summed E-state index contributed by atoms with van der Waals surface area (Å²) >= 11 is 0. The van der Waals surface area contributed by atoms with E-state index in [1.54, 1.807) is 41.9 Å². The van der Waals surface area contributed by atoms with Crippen molar-refractivity contribution in [1.82, 2.24) is 20.8 Å². The van der Waals surface area contributed by atoms with Gasteiger partial charge in [-0.2, -0.15) is 0 Å². The van der Waals surface area contributed by atoms with Crippen molar-refractivity contribution in [3.8, 4) is 11.5 Å². The zero-order valence-corrected chi connectivity index (χ0v) is 21.0. The zero-order valence-electron chi connectivity index (χ0n) is 21.0. The molecule has 2 heterocycles. The van der Waals surface area contributed by atoms with E-state index in [2.05, 4.69) is 15.3 Å². The van der Waals surface area contributed by atoms with E-state index < -0.39 is 5.91 Å². The molecule has 0 atom stereocenters. The van der Waals surface area contributed by atoms with E-state index in [4.69, 9.17) is 14.7 Å². The third-order valence-corrected chi connectivity index (χ3v) is 6.24. The molecular formula is C27H28FN5O5. The maximum atomic E-state index is 13.5. The number of hydrogen-bond donors (Lipinski definition) is 3. The molecule has 2 amide bonds. The molecule has 3 aromatic rings. The van der Waals surface area contributed by atoms with Gasteiger partial charge in [0.2, 0.25) is 5.95 Å². The van der Waals surface area contributed by atoms with Gasteiger partial charge in [0, 0.05) is 37.1 Å². The molecule has 0 radical (unpaired) electrons. The molecular weight excluding hydrogens is 493 g/mol. The number of amides is 2. The Hall–Kier alpha value is -4.51. The number of hydroxylamine groups is 1. The summed E-state index contributed by atoms with van der Waals surface area (Å²) in [5, 5.41) is 11.8. The molecule has 0 unspecified atom stereocenters. The number of nitrogens with one attached hydrogen (secondary N) is 2. The van der Waals surface area contributed by atoms with Crippen molar-refractivity contribution < 1.29 is 28.7 Å². The second-order valence-corrected chi connectivity index (χ2v) is 8.63. The van der Waals surface area contributed by atoms with Crippen LogP contribution < -0.4 is 25.2 Å². The van der Waals surface area contributed by atoms with Crippen LogP contribution in [0.5, 0.6) is 11.5 Å². The minimum absolute atomic E-state index is 0.0880. The van der Waals surface area contributed by atoms with Crippen molar-refractivity contribution in [3.05, 3.63) is 77.4 Å². The number of anilines is 1. The van der Waals surface area contributed by atoms with Crippen LogP contribution in [0.2, 0.25) is 0 Å². The Morgan fingerprint density at radius 3 is 2.26 bits per heavy atom. The Bertz CT molecular complexity index is 1310. The number of rotatable bonds is 8. The molecule has 0 spiro atoms. The van der Waals surface area contributed by atoms with Crippen LogP contribution in [0.1, 0.15) is 34.3 Å². The Labute approximate surface area is 219 Å². The van der Waals surface area contributed by atoms with Crippen molar-refractivity contribution in [2.45, 2.75) is 18.9 Å². The normalized spacial score (nSPS) is 14.1. The maximum absolute atomic E-state index is 13.5. The quantitative estimate of drug-likeness (QED) is 0.179. The van der Waals surface area contributed by atoms with Crippen LogP contribution in [0.3, 0.4) is 0 Å². The van der Waals surface area contributed by atoms with Crippen molar-refractivity contribution in [3.63, 3.8) is 0 Å². The number of carbonyl (C=O) groups is 2. The summed E-state index contributed by atoms with van der Waals surface area (Å²) in [6.45, 7) is 1.20. The minimum atomic E-state index is -0.683. The van der Waals surface area contributed by atoms with Crippen LogP contribution in [0, 0.1) is 5.82 Å². The van der Waals surface area contributed by atoms with Gasteiger partial charge < -0.3 is 19.7 Å². The average Bonchev–Trinajstić information content (AvgIpc) is 2.96. The molecule has 3 N–H and O–H groups in total. The van der Waals surface area contributed by atoms with Crippen molar-refractivity contribution in [2.24, 2.45) is 0 Å². The number of carbonyl (C=O) groups excluding carboxylic acids is 2. The lowest BCUT2D eigenvalue weighted by molar-refractivity contribution is -0.116.